The molecule has 4 heteroatoms. The van der Waals surface area contributed by atoms with Crippen molar-refractivity contribution >= 4 is 15.9 Å². The van der Waals surface area contributed by atoms with Crippen LogP contribution in [0.4, 0.5) is 0 Å². The predicted octanol–water partition coefficient (Wildman–Crippen LogP) is 1.89. The quantitative estimate of drug-likeness (QED) is 0.913. The Morgan fingerprint density at radius 3 is 3.07 bits per heavy atom. The summed E-state index contributed by atoms with van der Waals surface area (Å²) in [6, 6.07) is 2.08. The summed E-state index contributed by atoms with van der Waals surface area (Å²) in [5.74, 6) is 1.73. The molecule has 0 fully saturated rings. The van der Waals surface area contributed by atoms with E-state index in [9.17, 15) is 0 Å². The number of fused-ring (bicyclic) bond motifs is 1. The van der Waals surface area contributed by atoms with Crippen LogP contribution in [-0.2, 0) is 12.8 Å². The molecule has 0 radical (unpaired) electrons. The molecule has 0 bridgehead atoms. The Balaban J connectivity index is 2.52. The first-order chi connectivity index (χ1) is 7.27. The van der Waals surface area contributed by atoms with Gasteiger partial charge in [0.2, 0.25) is 0 Å². The van der Waals surface area contributed by atoms with E-state index >= 15 is 0 Å². The van der Waals surface area contributed by atoms with Crippen LogP contribution < -0.4 is 15.2 Å². The monoisotopic (exact) mass is 271 g/mol. The van der Waals surface area contributed by atoms with Gasteiger partial charge < -0.3 is 15.2 Å². The average molecular weight is 272 g/mol. The molecule has 0 amide bonds. The van der Waals surface area contributed by atoms with Gasteiger partial charge in [0, 0.05) is 22.0 Å². The van der Waals surface area contributed by atoms with Crippen molar-refractivity contribution in [1.82, 2.24) is 0 Å². The Bertz CT molecular complexity index is 379. The Hall–Kier alpha value is -0.740. The van der Waals surface area contributed by atoms with Gasteiger partial charge in [0.25, 0.3) is 0 Å². The Labute approximate surface area is 97.7 Å². The highest BCUT2D eigenvalue weighted by atomic mass is 79.9. The molecule has 82 valence electrons. The smallest absolute Gasteiger partial charge is 0.165 e. The summed E-state index contributed by atoms with van der Waals surface area (Å²) in [6.45, 7) is 1.35. The molecule has 1 aliphatic rings. The van der Waals surface area contributed by atoms with E-state index in [1.54, 1.807) is 7.11 Å². The molecule has 0 atom stereocenters. The number of nitrogens with two attached hydrogens (primary N) is 1. The molecule has 1 aromatic carbocycles. The number of hydrogen-bond acceptors (Lipinski definition) is 3. The van der Waals surface area contributed by atoms with Crippen LogP contribution >= 0.6 is 15.9 Å². The van der Waals surface area contributed by atoms with Crippen LogP contribution in [0.1, 0.15) is 11.1 Å². The molecule has 0 aromatic heterocycles. The molecule has 2 rings (SSSR count). The minimum absolute atomic E-state index is 0.613. The van der Waals surface area contributed by atoms with Crippen molar-refractivity contribution in [2.45, 2.75) is 12.8 Å². The minimum atomic E-state index is 0.613. The molecule has 1 aliphatic heterocycles. The second-order valence-corrected chi connectivity index (χ2v) is 4.35. The zero-order chi connectivity index (χ0) is 10.8. The first-order valence-electron chi connectivity index (χ1n) is 4.99. The molecule has 0 saturated heterocycles. The van der Waals surface area contributed by atoms with Crippen LogP contribution in [0, 0.1) is 0 Å². The first-order valence-corrected chi connectivity index (χ1v) is 5.78. The Morgan fingerprint density at radius 1 is 1.60 bits per heavy atom. The fraction of sp³-hybridized carbons (Fsp3) is 0.455. The van der Waals surface area contributed by atoms with Crippen molar-refractivity contribution in [3.05, 3.63) is 21.7 Å². The van der Waals surface area contributed by atoms with Crippen LogP contribution in [0.25, 0.3) is 0 Å². The molecule has 0 unspecified atom stereocenters. The van der Waals surface area contributed by atoms with E-state index in [2.05, 4.69) is 22.0 Å². The highest BCUT2D eigenvalue weighted by Crippen LogP contribution is 2.42. The normalized spacial score (nSPS) is 13.5. The molecule has 15 heavy (non-hydrogen) atoms. The topological polar surface area (TPSA) is 44.5 Å². The molecule has 3 nitrogen and oxygen atoms in total. The van der Waals surface area contributed by atoms with Crippen molar-refractivity contribution in [3.8, 4) is 11.5 Å². The van der Waals surface area contributed by atoms with Crippen LogP contribution in [0.2, 0.25) is 0 Å². The van der Waals surface area contributed by atoms with Gasteiger partial charge in [-0.25, -0.2) is 0 Å². The minimum Gasteiger partial charge on any atom is -0.493 e. The van der Waals surface area contributed by atoms with E-state index in [4.69, 9.17) is 15.2 Å². The van der Waals surface area contributed by atoms with Gasteiger partial charge in [-0.1, -0.05) is 15.9 Å². The lowest BCUT2D eigenvalue weighted by Crippen LogP contribution is -2.05. The summed E-state index contributed by atoms with van der Waals surface area (Å²) in [6.07, 6.45) is 1.74. The zero-order valence-corrected chi connectivity index (χ0v) is 10.3. The second-order valence-electron chi connectivity index (χ2n) is 3.50. The SMILES string of the molecule is COc1c(CCN)cc(Br)c2c1OCC2. The van der Waals surface area contributed by atoms with Crippen molar-refractivity contribution in [3.63, 3.8) is 0 Å². The number of ether oxygens (including phenoxy) is 2. The fourth-order valence-electron chi connectivity index (χ4n) is 1.90. The van der Waals surface area contributed by atoms with Gasteiger partial charge in [0.15, 0.2) is 11.5 Å². The maximum atomic E-state index is 5.59. The number of hydrogen-bond donors (Lipinski definition) is 1. The standard InChI is InChI=1S/C11H14BrNO2/c1-14-10-7(2-4-13)6-9(12)8-3-5-15-11(8)10/h6H,2-5,13H2,1H3. The van der Waals surface area contributed by atoms with Gasteiger partial charge in [-0.05, 0) is 19.0 Å². The third-order valence-electron chi connectivity index (χ3n) is 2.58. The lowest BCUT2D eigenvalue weighted by molar-refractivity contribution is 0.324. The van der Waals surface area contributed by atoms with Crippen LogP contribution in [0.15, 0.2) is 10.5 Å². The molecule has 0 spiro atoms. The molecule has 2 N–H and O–H groups in total. The van der Waals surface area contributed by atoms with E-state index in [-0.39, 0.29) is 0 Å². The summed E-state index contributed by atoms with van der Waals surface area (Å²) in [7, 11) is 1.67. The molecule has 0 aliphatic carbocycles. The lowest BCUT2D eigenvalue weighted by Gasteiger charge is -2.13. The van der Waals surface area contributed by atoms with Crippen molar-refractivity contribution in [2.75, 3.05) is 20.3 Å². The van der Waals surface area contributed by atoms with Gasteiger partial charge in [0.1, 0.15) is 0 Å². The van der Waals surface area contributed by atoms with Crippen LogP contribution in [-0.4, -0.2) is 20.3 Å². The van der Waals surface area contributed by atoms with E-state index in [1.165, 1.54) is 5.56 Å². The Morgan fingerprint density at radius 2 is 2.40 bits per heavy atom. The van der Waals surface area contributed by atoms with Gasteiger partial charge in [-0.3, -0.25) is 0 Å². The van der Waals surface area contributed by atoms with Gasteiger partial charge in [0.05, 0.1) is 13.7 Å². The van der Waals surface area contributed by atoms with E-state index in [1.807, 2.05) is 0 Å². The molecular formula is C11H14BrNO2. The maximum absolute atomic E-state index is 5.59. The highest BCUT2D eigenvalue weighted by Gasteiger charge is 2.22. The van der Waals surface area contributed by atoms with Crippen molar-refractivity contribution < 1.29 is 9.47 Å². The average Bonchev–Trinajstić information content (AvgIpc) is 2.68. The Kier molecular flexibility index (Phi) is 3.17. The van der Waals surface area contributed by atoms with E-state index in [0.717, 1.165) is 41.0 Å². The summed E-state index contributed by atoms with van der Waals surface area (Å²) in [5, 5.41) is 0. The van der Waals surface area contributed by atoms with E-state index in [0.29, 0.717) is 6.54 Å². The number of methoxy groups -OCH3 is 1. The summed E-state index contributed by atoms with van der Waals surface area (Å²) >= 11 is 3.56. The number of halogens is 1. The molecule has 1 aromatic rings. The van der Waals surface area contributed by atoms with Crippen LogP contribution in [0.5, 0.6) is 11.5 Å². The summed E-state index contributed by atoms with van der Waals surface area (Å²) in [5.41, 5.74) is 7.87. The largest absolute Gasteiger partial charge is 0.493 e. The summed E-state index contributed by atoms with van der Waals surface area (Å²) in [4.78, 5) is 0. The summed E-state index contributed by atoms with van der Waals surface area (Å²) < 4.78 is 12.1. The lowest BCUT2D eigenvalue weighted by atomic mass is 10.1. The molecular weight excluding hydrogens is 258 g/mol. The second kappa shape index (κ2) is 4.41. The van der Waals surface area contributed by atoms with Gasteiger partial charge in [-0.15, -0.1) is 0 Å². The highest BCUT2D eigenvalue weighted by molar-refractivity contribution is 9.10. The number of benzene rings is 1. The third-order valence-corrected chi connectivity index (χ3v) is 3.29. The van der Waals surface area contributed by atoms with Gasteiger partial charge in [-0.2, -0.15) is 0 Å². The maximum Gasteiger partial charge on any atom is 0.165 e. The van der Waals surface area contributed by atoms with Gasteiger partial charge >= 0.3 is 0 Å². The zero-order valence-electron chi connectivity index (χ0n) is 8.68. The molecule has 0 saturated carbocycles. The third kappa shape index (κ3) is 1.84. The van der Waals surface area contributed by atoms with E-state index < -0.39 is 0 Å². The fourth-order valence-corrected chi connectivity index (χ4v) is 2.56. The number of rotatable bonds is 3. The van der Waals surface area contributed by atoms with Crippen LogP contribution in [0.3, 0.4) is 0 Å². The van der Waals surface area contributed by atoms with Crippen molar-refractivity contribution in [1.29, 1.82) is 0 Å². The predicted molar refractivity (Wildman–Crippen MR) is 62.7 cm³/mol. The molecule has 1 heterocycles. The first kappa shape index (κ1) is 10.8. The van der Waals surface area contributed by atoms with Crippen molar-refractivity contribution in [2.24, 2.45) is 5.73 Å².